The highest BCUT2D eigenvalue weighted by molar-refractivity contribution is 5.81. The molecule has 168 valence electrons. The molecule has 0 radical (unpaired) electrons. The second-order valence-corrected chi connectivity index (χ2v) is 10.8. The molecule has 5 unspecified atom stereocenters. The van der Waals surface area contributed by atoms with Gasteiger partial charge in [0.15, 0.2) is 0 Å². The van der Waals surface area contributed by atoms with Gasteiger partial charge in [0.05, 0.1) is 6.61 Å². The average molecular weight is 405 g/mol. The number of ether oxygens (including phenoxy) is 1. The van der Waals surface area contributed by atoms with Crippen molar-refractivity contribution < 1.29 is 9.53 Å². The number of allylic oxidation sites excluding steroid dienone is 1. The van der Waals surface area contributed by atoms with Crippen LogP contribution in [-0.2, 0) is 9.53 Å². The number of carbonyl (C=O) groups is 1. The molecule has 0 aromatic heterocycles. The lowest BCUT2D eigenvalue weighted by molar-refractivity contribution is -0.137. The van der Waals surface area contributed by atoms with Crippen LogP contribution in [0.5, 0.6) is 0 Å². The first-order valence-electron chi connectivity index (χ1n) is 12.6. The van der Waals surface area contributed by atoms with Gasteiger partial charge in [0.1, 0.15) is 0 Å². The Labute approximate surface area is 181 Å². The zero-order valence-corrected chi connectivity index (χ0v) is 20.4. The number of unbranched alkanes of at least 4 members (excludes halogenated alkanes) is 1. The van der Waals surface area contributed by atoms with Crippen molar-refractivity contribution in [1.29, 1.82) is 0 Å². The summed E-state index contributed by atoms with van der Waals surface area (Å²) >= 11 is 0. The zero-order chi connectivity index (χ0) is 21.7. The summed E-state index contributed by atoms with van der Waals surface area (Å²) in [6.45, 7) is 17.2. The van der Waals surface area contributed by atoms with Gasteiger partial charge in [0.2, 0.25) is 0 Å². The van der Waals surface area contributed by atoms with Gasteiger partial charge in [0, 0.05) is 6.08 Å². The number of esters is 1. The molecule has 0 aliphatic heterocycles. The summed E-state index contributed by atoms with van der Waals surface area (Å²) in [6, 6.07) is 0. The van der Waals surface area contributed by atoms with Crippen LogP contribution in [0, 0.1) is 40.4 Å². The third-order valence-electron chi connectivity index (χ3n) is 9.30. The molecule has 2 aliphatic rings. The van der Waals surface area contributed by atoms with Crippen LogP contribution >= 0.6 is 0 Å². The van der Waals surface area contributed by atoms with E-state index in [1.165, 1.54) is 51.4 Å². The number of rotatable bonds is 10. The summed E-state index contributed by atoms with van der Waals surface area (Å²) in [5, 5.41) is 0. The van der Waals surface area contributed by atoms with Crippen LogP contribution in [0.15, 0.2) is 12.2 Å². The van der Waals surface area contributed by atoms with Gasteiger partial charge in [-0.15, -0.1) is 0 Å². The highest BCUT2D eigenvalue weighted by Crippen LogP contribution is 2.64. The van der Waals surface area contributed by atoms with Crippen molar-refractivity contribution in [3.05, 3.63) is 12.2 Å². The van der Waals surface area contributed by atoms with E-state index in [4.69, 9.17) is 4.74 Å². The highest BCUT2D eigenvalue weighted by Gasteiger charge is 2.55. The molecule has 0 aromatic rings. The normalized spacial score (nSPS) is 34.3. The lowest BCUT2D eigenvalue weighted by Crippen LogP contribution is -2.48. The third kappa shape index (κ3) is 5.10. The van der Waals surface area contributed by atoms with Gasteiger partial charge < -0.3 is 4.74 Å². The van der Waals surface area contributed by atoms with E-state index in [1.54, 1.807) is 6.08 Å². The van der Waals surface area contributed by atoms with Crippen LogP contribution in [0.2, 0.25) is 0 Å². The quantitative estimate of drug-likeness (QED) is 0.274. The van der Waals surface area contributed by atoms with E-state index >= 15 is 0 Å². The second-order valence-electron chi connectivity index (χ2n) is 10.8. The van der Waals surface area contributed by atoms with Crippen molar-refractivity contribution in [2.24, 2.45) is 40.4 Å². The van der Waals surface area contributed by atoms with Crippen LogP contribution in [-0.4, -0.2) is 12.6 Å². The summed E-state index contributed by atoms with van der Waals surface area (Å²) < 4.78 is 5.05. The van der Waals surface area contributed by atoms with Crippen molar-refractivity contribution >= 4 is 5.97 Å². The average Bonchev–Trinajstić information content (AvgIpc) is 3.01. The number of hydrogen-bond donors (Lipinski definition) is 0. The Morgan fingerprint density at radius 3 is 2.52 bits per heavy atom. The number of fused-ring (bicyclic) bond motifs is 1. The third-order valence-corrected chi connectivity index (χ3v) is 9.30. The Bertz CT molecular complexity index is 551. The molecule has 0 amide bonds. The van der Waals surface area contributed by atoms with E-state index in [-0.39, 0.29) is 5.97 Å². The molecule has 29 heavy (non-hydrogen) atoms. The zero-order valence-electron chi connectivity index (χ0n) is 20.4. The minimum Gasteiger partial charge on any atom is -0.463 e. The number of carbonyl (C=O) groups excluding carboxylic acids is 1. The first-order chi connectivity index (χ1) is 13.7. The van der Waals surface area contributed by atoms with E-state index in [1.807, 2.05) is 6.92 Å². The van der Waals surface area contributed by atoms with Crippen LogP contribution < -0.4 is 0 Å². The molecule has 0 saturated heterocycles. The minimum absolute atomic E-state index is 0.189. The van der Waals surface area contributed by atoms with Gasteiger partial charge in [-0.05, 0) is 85.9 Å². The van der Waals surface area contributed by atoms with E-state index in [0.29, 0.717) is 23.4 Å². The summed E-state index contributed by atoms with van der Waals surface area (Å²) in [5.41, 5.74) is 0.915. The molecule has 0 bridgehead atoms. The molecular formula is C27H48O2. The van der Waals surface area contributed by atoms with Crippen LogP contribution in [0.4, 0.5) is 0 Å². The van der Waals surface area contributed by atoms with Crippen LogP contribution in [0.1, 0.15) is 106 Å². The van der Waals surface area contributed by atoms with Crippen molar-refractivity contribution in [2.75, 3.05) is 6.61 Å². The standard InChI is InChI=1S/C27H48O2/c1-8-11-18-26(6,20(4)5)24-17-19-27(7)21(13-12-14-25(28)29-10-3)15-16-23(27)22(24)9-2/h12,14,20-24H,8-11,13,15-19H2,1-7H3/b14-12+/t21-,22?,23?,24?,26?,27?/m0/s1. The van der Waals surface area contributed by atoms with E-state index in [2.05, 4.69) is 47.6 Å². The van der Waals surface area contributed by atoms with Gasteiger partial charge in [-0.25, -0.2) is 4.79 Å². The summed E-state index contributed by atoms with van der Waals surface area (Å²) in [4.78, 5) is 11.7. The molecular weight excluding hydrogens is 356 g/mol. The second kappa shape index (κ2) is 10.5. The molecule has 0 aromatic carbocycles. The van der Waals surface area contributed by atoms with Gasteiger partial charge in [-0.2, -0.15) is 0 Å². The largest absolute Gasteiger partial charge is 0.463 e. The van der Waals surface area contributed by atoms with E-state index in [9.17, 15) is 4.79 Å². The molecule has 2 nitrogen and oxygen atoms in total. The fourth-order valence-corrected chi connectivity index (χ4v) is 7.15. The van der Waals surface area contributed by atoms with Crippen molar-refractivity contribution in [2.45, 2.75) is 106 Å². The predicted molar refractivity (Wildman–Crippen MR) is 124 cm³/mol. The first-order valence-corrected chi connectivity index (χ1v) is 12.6. The Kier molecular flexibility index (Phi) is 8.86. The SMILES string of the molecule is CCCCC(C)(C(C)C)C1CCC2(C)C(CC[C@@H]2C/C=C/C(=O)OCC)C1CC. The molecule has 0 heterocycles. The summed E-state index contributed by atoms with van der Waals surface area (Å²) in [7, 11) is 0. The van der Waals surface area contributed by atoms with Crippen LogP contribution in [0.25, 0.3) is 0 Å². The number of hydrogen-bond acceptors (Lipinski definition) is 2. The highest BCUT2D eigenvalue weighted by atomic mass is 16.5. The molecule has 0 N–H and O–H groups in total. The van der Waals surface area contributed by atoms with Gasteiger partial charge in [-0.3, -0.25) is 0 Å². The Hall–Kier alpha value is -0.790. The molecule has 0 spiro atoms. The Morgan fingerprint density at radius 1 is 1.21 bits per heavy atom. The van der Waals surface area contributed by atoms with Crippen molar-refractivity contribution in [3.63, 3.8) is 0 Å². The van der Waals surface area contributed by atoms with E-state index < -0.39 is 0 Å². The van der Waals surface area contributed by atoms with Crippen molar-refractivity contribution in [1.82, 2.24) is 0 Å². The molecule has 2 heteroatoms. The lowest BCUT2D eigenvalue weighted by atomic mass is 9.50. The lowest BCUT2D eigenvalue weighted by Gasteiger charge is -2.55. The molecule has 6 atom stereocenters. The predicted octanol–water partition coefficient (Wildman–Crippen LogP) is 7.82. The Morgan fingerprint density at radius 2 is 1.93 bits per heavy atom. The molecule has 2 saturated carbocycles. The molecule has 2 aliphatic carbocycles. The van der Waals surface area contributed by atoms with Gasteiger partial charge in [-0.1, -0.05) is 66.9 Å². The maximum atomic E-state index is 11.7. The molecule has 2 rings (SSSR count). The maximum Gasteiger partial charge on any atom is 0.330 e. The summed E-state index contributed by atoms with van der Waals surface area (Å²) in [5.74, 6) is 3.86. The summed E-state index contributed by atoms with van der Waals surface area (Å²) in [6.07, 6.45) is 15.6. The first kappa shape index (κ1) is 24.5. The van der Waals surface area contributed by atoms with E-state index in [0.717, 1.165) is 30.1 Å². The van der Waals surface area contributed by atoms with Crippen LogP contribution in [0.3, 0.4) is 0 Å². The molecule has 2 fully saturated rings. The van der Waals surface area contributed by atoms with Gasteiger partial charge >= 0.3 is 5.97 Å². The van der Waals surface area contributed by atoms with Crippen molar-refractivity contribution in [3.8, 4) is 0 Å². The smallest absolute Gasteiger partial charge is 0.330 e. The maximum absolute atomic E-state index is 11.7. The Balaban J connectivity index is 2.15. The fourth-order valence-electron chi connectivity index (χ4n) is 7.15. The fraction of sp³-hybridized carbons (Fsp3) is 0.889. The van der Waals surface area contributed by atoms with Gasteiger partial charge in [0.25, 0.3) is 0 Å². The topological polar surface area (TPSA) is 26.3 Å². The monoisotopic (exact) mass is 404 g/mol. The minimum atomic E-state index is -0.189.